The van der Waals surface area contributed by atoms with E-state index in [0.717, 1.165) is 5.56 Å². The van der Waals surface area contributed by atoms with Crippen molar-refractivity contribution in [3.05, 3.63) is 46.9 Å². The molecule has 0 N–H and O–H groups in total. The van der Waals surface area contributed by atoms with Crippen LogP contribution in [0.1, 0.15) is 5.82 Å². The van der Waals surface area contributed by atoms with Gasteiger partial charge in [0.2, 0.25) is 5.89 Å². The van der Waals surface area contributed by atoms with Gasteiger partial charge in [0.25, 0.3) is 11.1 Å². The standard InChI is InChI=1S/C16H10F2N4O3S2/c17-15(18)23-11-3-1-9(2-4-11)14-20-21-16(24-14)27-8-12-19-13(25-22-12)10-5-6-26-7-10/h1-7,15H,8H2. The molecule has 11 heteroatoms. The van der Waals surface area contributed by atoms with E-state index >= 15 is 0 Å². The van der Waals surface area contributed by atoms with Crippen LogP contribution in [0, 0.1) is 0 Å². The van der Waals surface area contributed by atoms with Crippen LogP contribution in [0.2, 0.25) is 0 Å². The van der Waals surface area contributed by atoms with E-state index < -0.39 is 6.61 Å². The van der Waals surface area contributed by atoms with Crippen molar-refractivity contribution in [3.8, 4) is 28.7 Å². The second-order valence-corrected chi connectivity index (χ2v) is 6.80. The van der Waals surface area contributed by atoms with Crippen LogP contribution >= 0.6 is 23.1 Å². The van der Waals surface area contributed by atoms with Gasteiger partial charge in [-0.15, -0.1) is 10.2 Å². The normalized spacial score (nSPS) is 11.2. The Balaban J connectivity index is 1.38. The Hall–Kier alpha value is -2.79. The summed E-state index contributed by atoms with van der Waals surface area (Å²) < 4.78 is 39.4. The number of benzene rings is 1. The van der Waals surface area contributed by atoms with E-state index in [4.69, 9.17) is 8.94 Å². The average molecular weight is 408 g/mol. The Morgan fingerprint density at radius 3 is 2.67 bits per heavy atom. The molecule has 3 heterocycles. The molecule has 0 aliphatic carbocycles. The molecule has 0 aliphatic rings. The number of alkyl halides is 2. The highest BCUT2D eigenvalue weighted by atomic mass is 32.2. The van der Waals surface area contributed by atoms with Gasteiger partial charge in [-0.3, -0.25) is 0 Å². The summed E-state index contributed by atoms with van der Waals surface area (Å²) in [6.07, 6.45) is 0. The first-order valence-corrected chi connectivity index (χ1v) is 9.47. The molecule has 1 aromatic carbocycles. The Labute approximate surface area is 159 Å². The maximum Gasteiger partial charge on any atom is 0.387 e. The van der Waals surface area contributed by atoms with E-state index in [0.29, 0.717) is 28.3 Å². The van der Waals surface area contributed by atoms with Crippen molar-refractivity contribution < 1.29 is 22.5 Å². The highest BCUT2D eigenvalue weighted by molar-refractivity contribution is 7.98. The van der Waals surface area contributed by atoms with Crippen LogP contribution in [0.5, 0.6) is 5.75 Å². The molecule has 0 saturated heterocycles. The molecule has 0 amide bonds. The fraction of sp³-hybridized carbons (Fsp3) is 0.125. The summed E-state index contributed by atoms with van der Waals surface area (Å²) in [7, 11) is 0. The molecule has 27 heavy (non-hydrogen) atoms. The van der Waals surface area contributed by atoms with Gasteiger partial charge in [-0.1, -0.05) is 16.9 Å². The minimum Gasteiger partial charge on any atom is -0.435 e. The monoisotopic (exact) mass is 408 g/mol. The molecule has 4 aromatic rings. The fourth-order valence-electron chi connectivity index (χ4n) is 2.11. The molecule has 0 atom stereocenters. The lowest BCUT2D eigenvalue weighted by molar-refractivity contribution is -0.0498. The van der Waals surface area contributed by atoms with Crippen molar-refractivity contribution in [1.29, 1.82) is 0 Å². The van der Waals surface area contributed by atoms with Crippen LogP contribution < -0.4 is 4.74 Å². The lowest BCUT2D eigenvalue weighted by Crippen LogP contribution is -2.01. The first kappa shape index (κ1) is 17.6. The average Bonchev–Trinajstić information content (AvgIpc) is 3.40. The third kappa shape index (κ3) is 4.31. The van der Waals surface area contributed by atoms with E-state index in [2.05, 4.69) is 25.1 Å². The van der Waals surface area contributed by atoms with Gasteiger partial charge < -0.3 is 13.7 Å². The van der Waals surface area contributed by atoms with Crippen molar-refractivity contribution >= 4 is 23.1 Å². The van der Waals surface area contributed by atoms with Crippen LogP contribution in [-0.2, 0) is 5.75 Å². The lowest BCUT2D eigenvalue weighted by atomic mass is 10.2. The Morgan fingerprint density at radius 2 is 1.93 bits per heavy atom. The molecule has 138 valence electrons. The number of aromatic nitrogens is 4. The van der Waals surface area contributed by atoms with Gasteiger partial charge in [-0.25, -0.2) is 0 Å². The summed E-state index contributed by atoms with van der Waals surface area (Å²) in [5.41, 5.74) is 1.47. The van der Waals surface area contributed by atoms with Gasteiger partial charge in [0, 0.05) is 10.9 Å². The van der Waals surface area contributed by atoms with E-state index in [9.17, 15) is 8.78 Å². The molecule has 0 fully saturated rings. The Kier molecular flexibility index (Phi) is 5.12. The van der Waals surface area contributed by atoms with Gasteiger partial charge in [-0.2, -0.15) is 25.1 Å². The number of hydrogen-bond acceptors (Lipinski definition) is 9. The Bertz CT molecular complexity index is 1000. The highest BCUT2D eigenvalue weighted by Crippen LogP contribution is 2.27. The molecule has 0 radical (unpaired) electrons. The summed E-state index contributed by atoms with van der Waals surface area (Å²) in [6.45, 7) is -2.87. The third-order valence-electron chi connectivity index (χ3n) is 3.29. The van der Waals surface area contributed by atoms with Crippen molar-refractivity contribution in [1.82, 2.24) is 20.3 Å². The molecule has 4 rings (SSSR count). The zero-order valence-electron chi connectivity index (χ0n) is 13.4. The largest absolute Gasteiger partial charge is 0.435 e. The zero-order chi connectivity index (χ0) is 18.6. The van der Waals surface area contributed by atoms with Crippen LogP contribution in [0.4, 0.5) is 8.78 Å². The third-order valence-corrected chi connectivity index (χ3v) is 4.79. The van der Waals surface area contributed by atoms with Crippen molar-refractivity contribution in [2.24, 2.45) is 0 Å². The first-order chi connectivity index (χ1) is 13.2. The van der Waals surface area contributed by atoms with Crippen LogP contribution in [0.25, 0.3) is 22.9 Å². The topological polar surface area (TPSA) is 87.1 Å². The highest BCUT2D eigenvalue weighted by Gasteiger charge is 2.13. The second kappa shape index (κ2) is 7.84. The van der Waals surface area contributed by atoms with Crippen molar-refractivity contribution in [3.63, 3.8) is 0 Å². The van der Waals surface area contributed by atoms with E-state index in [1.807, 2.05) is 16.8 Å². The SMILES string of the molecule is FC(F)Oc1ccc(-c2nnc(SCc3noc(-c4ccsc4)n3)o2)cc1. The Morgan fingerprint density at radius 1 is 1.07 bits per heavy atom. The number of nitrogens with zero attached hydrogens (tertiary/aromatic N) is 4. The molecule has 0 spiro atoms. The summed E-state index contributed by atoms with van der Waals surface area (Å²) in [5, 5.41) is 16.0. The zero-order valence-corrected chi connectivity index (χ0v) is 15.0. The van der Waals surface area contributed by atoms with E-state index in [1.54, 1.807) is 23.5 Å². The van der Waals surface area contributed by atoms with Crippen LogP contribution in [0.15, 0.2) is 55.3 Å². The smallest absolute Gasteiger partial charge is 0.387 e. The number of thiophene rings is 1. The van der Waals surface area contributed by atoms with Crippen molar-refractivity contribution in [2.45, 2.75) is 17.6 Å². The lowest BCUT2D eigenvalue weighted by Gasteiger charge is -2.03. The second-order valence-electron chi connectivity index (χ2n) is 5.09. The van der Waals surface area contributed by atoms with E-state index in [-0.39, 0.29) is 11.6 Å². The molecular formula is C16H10F2N4O3S2. The molecule has 0 aliphatic heterocycles. The quantitative estimate of drug-likeness (QED) is 0.405. The summed E-state index contributed by atoms with van der Waals surface area (Å²) in [4.78, 5) is 4.31. The van der Waals surface area contributed by atoms with Gasteiger partial charge >= 0.3 is 6.61 Å². The maximum atomic E-state index is 12.2. The van der Waals surface area contributed by atoms with Crippen LogP contribution in [-0.4, -0.2) is 26.9 Å². The van der Waals surface area contributed by atoms with Gasteiger partial charge in [0.05, 0.1) is 11.3 Å². The van der Waals surface area contributed by atoms with E-state index in [1.165, 1.54) is 23.9 Å². The van der Waals surface area contributed by atoms with Gasteiger partial charge in [0.1, 0.15) is 5.75 Å². The molecular weight excluding hydrogens is 398 g/mol. The number of ether oxygens (including phenoxy) is 1. The fourth-order valence-corrected chi connectivity index (χ4v) is 3.34. The minimum absolute atomic E-state index is 0.0568. The maximum absolute atomic E-state index is 12.2. The number of hydrogen-bond donors (Lipinski definition) is 0. The minimum atomic E-state index is -2.87. The van der Waals surface area contributed by atoms with Gasteiger partial charge in [0.15, 0.2) is 5.82 Å². The van der Waals surface area contributed by atoms with Gasteiger partial charge in [-0.05, 0) is 35.7 Å². The summed E-state index contributed by atoms with van der Waals surface area (Å²) in [5.74, 6) is 1.70. The molecule has 3 aromatic heterocycles. The summed E-state index contributed by atoms with van der Waals surface area (Å²) >= 11 is 2.81. The predicted molar refractivity (Wildman–Crippen MR) is 93.5 cm³/mol. The number of rotatable bonds is 7. The molecule has 0 bridgehead atoms. The number of thioether (sulfide) groups is 1. The summed E-state index contributed by atoms with van der Waals surface area (Å²) in [6, 6.07) is 7.84. The first-order valence-electron chi connectivity index (χ1n) is 7.54. The molecule has 7 nitrogen and oxygen atoms in total. The number of halogens is 2. The predicted octanol–water partition coefficient (Wildman–Crippen LogP) is 4.74. The van der Waals surface area contributed by atoms with Crippen molar-refractivity contribution in [2.75, 3.05) is 0 Å². The molecule has 0 unspecified atom stereocenters. The van der Waals surface area contributed by atoms with Crippen LogP contribution in [0.3, 0.4) is 0 Å². The molecule has 0 saturated carbocycles.